The molecule has 0 unspecified atom stereocenters. The summed E-state index contributed by atoms with van der Waals surface area (Å²) in [6.07, 6.45) is 3.44. The zero-order chi connectivity index (χ0) is 15.4. The first-order chi connectivity index (χ1) is 10.8. The predicted octanol–water partition coefficient (Wildman–Crippen LogP) is 3.69. The van der Waals surface area contributed by atoms with Crippen LogP contribution in [0.2, 0.25) is 0 Å². The summed E-state index contributed by atoms with van der Waals surface area (Å²) < 4.78 is 0. The van der Waals surface area contributed by atoms with Gasteiger partial charge in [0.25, 0.3) is 5.91 Å². The van der Waals surface area contributed by atoms with Gasteiger partial charge in [-0.3, -0.25) is 4.79 Å². The van der Waals surface area contributed by atoms with Crippen molar-refractivity contribution in [1.82, 2.24) is 10.4 Å². The van der Waals surface area contributed by atoms with Gasteiger partial charge in [-0.25, -0.2) is 5.43 Å². The molecule has 1 atom stereocenters. The molecule has 2 aromatic carbocycles. The van der Waals surface area contributed by atoms with Crippen molar-refractivity contribution in [2.24, 2.45) is 5.10 Å². The Morgan fingerprint density at radius 1 is 1.14 bits per heavy atom. The number of rotatable bonds is 4. The molecule has 0 bridgehead atoms. The number of carbonyl (C=O) groups is 1. The molecule has 0 aliphatic heterocycles. The van der Waals surface area contributed by atoms with E-state index in [0.29, 0.717) is 5.56 Å². The third kappa shape index (κ3) is 2.91. The Bertz CT molecular complexity index is 805. The van der Waals surface area contributed by atoms with Crippen LogP contribution in [0.15, 0.2) is 65.9 Å². The van der Waals surface area contributed by atoms with Crippen LogP contribution in [-0.4, -0.2) is 17.1 Å². The van der Waals surface area contributed by atoms with E-state index in [0.717, 1.165) is 16.5 Å². The number of hydrogen-bond donors (Lipinski definition) is 2. The Balaban J connectivity index is 1.69. The molecule has 0 aliphatic carbocycles. The molecule has 4 nitrogen and oxygen atoms in total. The highest BCUT2D eigenvalue weighted by Gasteiger charge is 2.10. The summed E-state index contributed by atoms with van der Waals surface area (Å²) in [7, 11) is 0. The Labute approximate surface area is 128 Å². The van der Waals surface area contributed by atoms with Gasteiger partial charge in [0, 0.05) is 29.2 Å². The summed E-state index contributed by atoms with van der Waals surface area (Å²) in [6, 6.07) is 17.7. The molecule has 22 heavy (non-hydrogen) atoms. The lowest BCUT2D eigenvalue weighted by Crippen LogP contribution is -2.17. The topological polar surface area (TPSA) is 57.2 Å². The van der Waals surface area contributed by atoms with Crippen LogP contribution in [0.4, 0.5) is 0 Å². The second kappa shape index (κ2) is 6.26. The number of benzene rings is 2. The van der Waals surface area contributed by atoms with Crippen LogP contribution in [0.1, 0.15) is 28.8 Å². The first kappa shape index (κ1) is 14.1. The van der Waals surface area contributed by atoms with Crippen molar-refractivity contribution >= 4 is 23.0 Å². The van der Waals surface area contributed by atoms with Crippen LogP contribution in [0, 0.1) is 0 Å². The first-order valence-electron chi connectivity index (χ1n) is 7.20. The van der Waals surface area contributed by atoms with Crippen molar-refractivity contribution in [3.63, 3.8) is 0 Å². The van der Waals surface area contributed by atoms with E-state index >= 15 is 0 Å². The van der Waals surface area contributed by atoms with E-state index in [1.807, 2.05) is 61.5 Å². The summed E-state index contributed by atoms with van der Waals surface area (Å²) in [5.74, 6) is -0.0709. The van der Waals surface area contributed by atoms with Crippen LogP contribution < -0.4 is 5.43 Å². The summed E-state index contributed by atoms with van der Waals surface area (Å²) in [5.41, 5.74) is 5.28. The highest BCUT2D eigenvalue weighted by molar-refractivity contribution is 6.06. The number of para-hydroxylation sites is 1. The van der Waals surface area contributed by atoms with Crippen LogP contribution in [0.5, 0.6) is 0 Å². The van der Waals surface area contributed by atoms with Gasteiger partial charge in [-0.1, -0.05) is 55.5 Å². The largest absolute Gasteiger partial charge is 0.360 e. The fourth-order valence-electron chi connectivity index (χ4n) is 2.37. The molecule has 1 aromatic heterocycles. The van der Waals surface area contributed by atoms with Crippen molar-refractivity contribution < 1.29 is 4.79 Å². The lowest BCUT2D eigenvalue weighted by Gasteiger charge is -2.05. The van der Waals surface area contributed by atoms with Gasteiger partial charge >= 0.3 is 0 Å². The Hall–Kier alpha value is -2.88. The van der Waals surface area contributed by atoms with Gasteiger partial charge in [-0.15, -0.1) is 0 Å². The molecule has 0 spiro atoms. The number of hydrazone groups is 1. The summed E-state index contributed by atoms with van der Waals surface area (Å²) in [4.78, 5) is 15.3. The Morgan fingerprint density at radius 3 is 2.68 bits per heavy atom. The molecule has 3 aromatic rings. The number of H-pyrrole nitrogens is 1. The summed E-state index contributed by atoms with van der Waals surface area (Å²) in [5, 5.41) is 4.97. The van der Waals surface area contributed by atoms with Crippen molar-refractivity contribution in [2.45, 2.75) is 12.8 Å². The number of nitrogens with zero attached hydrogens (tertiary/aromatic N) is 1. The second-order valence-electron chi connectivity index (χ2n) is 5.17. The number of aromatic amines is 1. The quantitative estimate of drug-likeness (QED) is 0.559. The number of aromatic nitrogens is 1. The minimum Gasteiger partial charge on any atom is -0.360 e. The Morgan fingerprint density at radius 2 is 1.86 bits per heavy atom. The van der Waals surface area contributed by atoms with Crippen molar-refractivity contribution in [2.75, 3.05) is 0 Å². The number of amides is 1. The van der Waals surface area contributed by atoms with E-state index in [1.54, 1.807) is 12.4 Å². The third-order valence-corrected chi connectivity index (χ3v) is 3.62. The zero-order valence-corrected chi connectivity index (χ0v) is 12.3. The summed E-state index contributed by atoms with van der Waals surface area (Å²) >= 11 is 0. The zero-order valence-electron chi connectivity index (χ0n) is 12.3. The number of hydrogen-bond acceptors (Lipinski definition) is 2. The average Bonchev–Trinajstić information content (AvgIpc) is 2.99. The highest BCUT2D eigenvalue weighted by atomic mass is 16.2. The number of fused-ring (bicyclic) bond motifs is 1. The molecule has 0 fully saturated rings. The average molecular weight is 291 g/mol. The van der Waals surface area contributed by atoms with Crippen LogP contribution in [-0.2, 0) is 0 Å². The van der Waals surface area contributed by atoms with Crippen molar-refractivity contribution in [1.29, 1.82) is 0 Å². The van der Waals surface area contributed by atoms with Crippen LogP contribution in [0.25, 0.3) is 10.9 Å². The van der Waals surface area contributed by atoms with Gasteiger partial charge < -0.3 is 4.98 Å². The van der Waals surface area contributed by atoms with Crippen molar-refractivity contribution in [3.05, 3.63) is 71.9 Å². The van der Waals surface area contributed by atoms with E-state index in [-0.39, 0.29) is 11.8 Å². The molecule has 110 valence electrons. The Kier molecular flexibility index (Phi) is 4.01. The predicted molar refractivity (Wildman–Crippen MR) is 89.1 cm³/mol. The minimum absolute atomic E-state index is 0.143. The molecular formula is C18H17N3O. The molecule has 1 heterocycles. The van der Waals surface area contributed by atoms with Crippen molar-refractivity contribution in [3.8, 4) is 0 Å². The SMILES string of the molecule is C[C@@H](/C=N\NC(=O)c1c[nH]c2ccccc12)c1ccccc1. The normalized spacial score (nSPS) is 12.6. The van der Waals surface area contributed by atoms with Gasteiger partial charge in [0.2, 0.25) is 0 Å². The van der Waals surface area contributed by atoms with Crippen LogP contribution in [0.3, 0.4) is 0 Å². The minimum atomic E-state index is -0.214. The van der Waals surface area contributed by atoms with E-state index in [2.05, 4.69) is 15.5 Å². The lowest BCUT2D eigenvalue weighted by molar-refractivity contribution is 0.0956. The second-order valence-corrected chi connectivity index (χ2v) is 5.17. The molecule has 1 amide bonds. The highest BCUT2D eigenvalue weighted by Crippen LogP contribution is 2.17. The van der Waals surface area contributed by atoms with Gasteiger partial charge in [0.15, 0.2) is 0 Å². The van der Waals surface area contributed by atoms with Gasteiger partial charge in [0.05, 0.1) is 5.56 Å². The smallest absolute Gasteiger partial charge is 0.273 e. The molecule has 4 heteroatoms. The molecule has 0 saturated carbocycles. The standard InChI is InChI=1S/C18H17N3O/c1-13(14-7-3-2-4-8-14)11-20-21-18(22)16-12-19-17-10-6-5-9-15(16)17/h2-13,19H,1H3,(H,21,22)/b20-11-/t13-/m0/s1. The molecule has 3 rings (SSSR count). The molecule has 0 aliphatic rings. The maximum atomic E-state index is 12.2. The lowest BCUT2D eigenvalue weighted by atomic mass is 10.0. The summed E-state index contributed by atoms with van der Waals surface area (Å²) in [6.45, 7) is 2.04. The monoisotopic (exact) mass is 291 g/mol. The first-order valence-corrected chi connectivity index (χ1v) is 7.20. The number of nitrogens with one attached hydrogen (secondary N) is 2. The van der Waals surface area contributed by atoms with Gasteiger partial charge in [0.1, 0.15) is 0 Å². The maximum Gasteiger partial charge on any atom is 0.273 e. The fourth-order valence-corrected chi connectivity index (χ4v) is 2.37. The maximum absolute atomic E-state index is 12.2. The van der Waals surface area contributed by atoms with E-state index in [9.17, 15) is 4.79 Å². The van der Waals surface area contributed by atoms with E-state index in [1.165, 1.54) is 0 Å². The molecule has 2 N–H and O–H groups in total. The van der Waals surface area contributed by atoms with E-state index < -0.39 is 0 Å². The van der Waals surface area contributed by atoms with E-state index in [4.69, 9.17) is 0 Å². The molecule has 0 radical (unpaired) electrons. The molecular weight excluding hydrogens is 274 g/mol. The van der Waals surface area contributed by atoms with Crippen LogP contribution >= 0.6 is 0 Å². The molecule has 0 saturated heterocycles. The number of carbonyl (C=O) groups excluding carboxylic acids is 1. The van der Waals surface area contributed by atoms with Gasteiger partial charge in [-0.2, -0.15) is 5.10 Å². The fraction of sp³-hybridized carbons (Fsp3) is 0.111. The third-order valence-electron chi connectivity index (χ3n) is 3.62. The van der Waals surface area contributed by atoms with Gasteiger partial charge in [-0.05, 0) is 11.6 Å².